The maximum atomic E-state index is 13.5. The Bertz CT molecular complexity index is 873. The molecule has 30 heavy (non-hydrogen) atoms. The zero-order valence-electron chi connectivity index (χ0n) is 17.7. The lowest BCUT2D eigenvalue weighted by Crippen LogP contribution is -2.42. The molecule has 0 bridgehead atoms. The number of hydrogen-bond donors (Lipinski definition) is 0. The van der Waals surface area contributed by atoms with Gasteiger partial charge in [0, 0.05) is 0 Å². The van der Waals surface area contributed by atoms with Crippen LogP contribution < -0.4 is 14.2 Å². The number of ether oxygens (including phenoxy) is 4. The molecule has 160 valence electrons. The second-order valence-electron chi connectivity index (χ2n) is 7.05. The average Bonchev–Trinajstić information content (AvgIpc) is 3.13. The summed E-state index contributed by atoms with van der Waals surface area (Å²) in [6, 6.07) is 12.9. The molecular formula is C23H27NO6. The van der Waals surface area contributed by atoms with Gasteiger partial charge < -0.3 is 18.9 Å². The normalized spacial score (nSPS) is 16.7. The lowest BCUT2D eigenvalue weighted by molar-refractivity contribution is -0.130. The van der Waals surface area contributed by atoms with Crippen molar-refractivity contribution >= 4 is 12.0 Å². The molecule has 1 unspecified atom stereocenters. The van der Waals surface area contributed by atoms with E-state index in [0.717, 1.165) is 5.56 Å². The number of cyclic esters (lactones) is 1. The monoisotopic (exact) mass is 413 g/mol. The van der Waals surface area contributed by atoms with Crippen molar-refractivity contribution in [2.45, 2.75) is 31.7 Å². The van der Waals surface area contributed by atoms with Gasteiger partial charge in [0.15, 0.2) is 11.5 Å². The van der Waals surface area contributed by atoms with Gasteiger partial charge in [-0.25, -0.2) is 9.69 Å². The Labute approximate surface area is 176 Å². The number of imide groups is 1. The van der Waals surface area contributed by atoms with Gasteiger partial charge >= 0.3 is 6.09 Å². The molecule has 0 saturated carbocycles. The third-order valence-corrected chi connectivity index (χ3v) is 5.31. The van der Waals surface area contributed by atoms with Crippen molar-refractivity contribution in [2.24, 2.45) is 0 Å². The lowest BCUT2D eigenvalue weighted by atomic mass is 9.93. The fourth-order valence-corrected chi connectivity index (χ4v) is 3.79. The number of carbonyl (C=O) groups excluding carboxylic acids is 2. The van der Waals surface area contributed by atoms with Crippen molar-refractivity contribution in [3.05, 3.63) is 53.6 Å². The number of amides is 2. The van der Waals surface area contributed by atoms with E-state index in [1.807, 2.05) is 37.3 Å². The smallest absolute Gasteiger partial charge is 0.417 e. The number of nitrogens with zero attached hydrogens (tertiary/aromatic N) is 1. The largest absolute Gasteiger partial charge is 0.493 e. The SMILES string of the molecule is CC[C@H](C(=O)N1C(=O)OCC1Cc1ccccc1)c1cc(OC)c(OC)c(OC)c1. The number of rotatable bonds is 8. The molecule has 1 heterocycles. The molecule has 2 aromatic carbocycles. The molecule has 0 aliphatic carbocycles. The first kappa shape index (κ1) is 21.5. The van der Waals surface area contributed by atoms with Gasteiger partial charge in [0.2, 0.25) is 11.7 Å². The molecule has 0 N–H and O–H groups in total. The summed E-state index contributed by atoms with van der Waals surface area (Å²) in [5.41, 5.74) is 1.73. The first-order valence-electron chi connectivity index (χ1n) is 9.87. The van der Waals surface area contributed by atoms with Gasteiger partial charge in [-0.1, -0.05) is 37.3 Å². The van der Waals surface area contributed by atoms with Crippen LogP contribution in [0.3, 0.4) is 0 Å². The summed E-state index contributed by atoms with van der Waals surface area (Å²) >= 11 is 0. The predicted molar refractivity (Wildman–Crippen MR) is 111 cm³/mol. The number of hydrogen-bond acceptors (Lipinski definition) is 6. The van der Waals surface area contributed by atoms with Crippen LogP contribution >= 0.6 is 0 Å². The van der Waals surface area contributed by atoms with E-state index < -0.39 is 12.0 Å². The van der Waals surface area contributed by atoms with E-state index in [1.165, 1.54) is 26.2 Å². The van der Waals surface area contributed by atoms with Crippen LogP contribution in [0.25, 0.3) is 0 Å². The van der Waals surface area contributed by atoms with Crippen LogP contribution in [-0.4, -0.2) is 50.9 Å². The molecule has 0 aromatic heterocycles. The highest BCUT2D eigenvalue weighted by molar-refractivity contribution is 5.97. The van der Waals surface area contributed by atoms with Crippen LogP contribution in [-0.2, 0) is 16.0 Å². The molecule has 2 amide bonds. The van der Waals surface area contributed by atoms with Gasteiger partial charge in [-0.05, 0) is 36.1 Å². The van der Waals surface area contributed by atoms with Crippen LogP contribution in [0.2, 0.25) is 0 Å². The van der Waals surface area contributed by atoms with Crippen molar-refractivity contribution in [1.82, 2.24) is 4.90 Å². The zero-order chi connectivity index (χ0) is 21.7. The number of carbonyl (C=O) groups is 2. The van der Waals surface area contributed by atoms with Gasteiger partial charge in [-0.15, -0.1) is 0 Å². The van der Waals surface area contributed by atoms with Crippen molar-refractivity contribution < 1.29 is 28.5 Å². The molecule has 2 aromatic rings. The van der Waals surface area contributed by atoms with Gasteiger partial charge in [0.05, 0.1) is 33.3 Å². The standard InChI is InChI=1S/C23H27NO6/c1-5-18(16-12-19(27-2)21(29-4)20(13-16)28-3)22(25)24-17(14-30-23(24)26)11-15-9-7-6-8-10-15/h6-10,12-13,17-18H,5,11,14H2,1-4H3/t17?,18-/m0/s1. The molecule has 7 heteroatoms. The van der Waals surface area contributed by atoms with Crippen molar-refractivity contribution in [1.29, 1.82) is 0 Å². The fraction of sp³-hybridized carbons (Fsp3) is 0.391. The molecule has 1 aliphatic rings. The summed E-state index contributed by atoms with van der Waals surface area (Å²) in [7, 11) is 4.58. The van der Waals surface area contributed by atoms with Crippen LogP contribution in [0.15, 0.2) is 42.5 Å². The molecule has 0 spiro atoms. The van der Waals surface area contributed by atoms with E-state index in [-0.39, 0.29) is 18.6 Å². The van der Waals surface area contributed by atoms with Crippen LogP contribution in [0.4, 0.5) is 4.79 Å². The Morgan fingerprint density at radius 3 is 2.27 bits per heavy atom. The molecule has 7 nitrogen and oxygen atoms in total. The van der Waals surface area contributed by atoms with Crippen molar-refractivity contribution in [2.75, 3.05) is 27.9 Å². The number of benzene rings is 2. The maximum absolute atomic E-state index is 13.5. The van der Waals surface area contributed by atoms with E-state index in [9.17, 15) is 9.59 Å². The highest BCUT2D eigenvalue weighted by atomic mass is 16.6. The van der Waals surface area contributed by atoms with Crippen LogP contribution in [0.5, 0.6) is 17.2 Å². The first-order valence-corrected chi connectivity index (χ1v) is 9.87. The van der Waals surface area contributed by atoms with Gasteiger partial charge in [0.1, 0.15) is 6.61 Å². The summed E-state index contributed by atoms with van der Waals surface area (Å²) in [5, 5.41) is 0. The van der Waals surface area contributed by atoms with Crippen molar-refractivity contribution in [3.63, 3.8) is 0 Å². The summed E-state index contributed by atoms with van der Waals surface area (Å²) in [5.74, 6) is 0.525. The predicted octanol–water partition coefficient (Wildman–Crippen LogP) is 3.80. The fourth-order valence-electron chi connectivity index (χ4n) is 3.79. The van der Waals surface area contributed by atoms with E-state index in [4.69, 9.17) is 18.9 Å². The molecular weight excluding hydrogens is 386 g/mol. The first-order chi connectivity index (χ1) is 14.5. The van der Waals surface area contributed by atoms with E-state index in [2.05, 4.69) is 0 Å². The van der Waals surface area contributed by atoms with E-state index >= 15 is 0 Å². The lowest BCUT2D eigenvalue weighted by Gasteiger charge is -2.25. The topological polar surface area (TPSA) is 74.3 Å². The quantitative estimate of drug-likeness (QED) is 0.655. The second kappa shape index (κ2) is 9.52. The second-order valence-corrected chi connectivity index (χ2v) is 7.05. The molecule has 0 radical (unpaired) electrons. The average molecular weight is 413 g/mol. The minimum Gasteiger partial charge on any atom is -0.493 e. The molecule has 3 rings (SSSR count). The Balaban J connectivity index is 1.92. The van der Waals surface area contributed by atoms with Crippen LogP contribution in [0, 0.1) is 0 Å². The molecule has 1 saturated heterocycles. The Hall–Kier alpha value is -3.22. The minimum absolute atomic E-state index is 0.186. The summed E-state index contributed by atoms with van der Waals surface area (Å²) in [4.78, 5) is 27.1. The third kappa shape index (κ3) is 4.20. The van der Waals surface area contributed by atoms with E-state index in [0.29, 0.717) is 35.7 Å². The van der Waals surface area contributed by atoms with E-state index in [1.54, 1.807) is 12.1 Å². The zero-order valence-corrected chi connectivity index (χ0v) is 17.7. The Morgan fingerprint density at radius 1 is 1.10 bits per heavy atom. The van der Waals surface area contributed by atoms with Crippen molar-refractivity contribution in [3.8, 4) is 17.2 Å². The highest BCUT2D eigenvalue weighted by Crippen LogP contribution is 2.41. The Morgan fingerprint density at radius 2 is 1.73 bits per heavy atom. The molecule has 2 atom stereocenters. The third-order valence-electron chi connectivity index (χ3n) is 5.31. The number of methoxy groups -OCH3 is 3. The van der Waals surface area contributed by atoms with Gasteiger partial charge in [-0.3, -0.25) is 4.79 Å². The Kier molecular flexibility index (Phi) is 6.82. The van der Waals surface area contributed by atoms with Gasteiger partial charge in [-0.2, -0.15) is 0 Å². The molecule has 1 aliphatic heterocycles. The minimum atomic E-state index is -0.605. The summed E-state index contributed by atoms with van der Waals surface area (Å²) < 4.78 is 21.4. The highest BCUT2D eigenvalue weighted by Gasteiger charge is 2.41. The summed E-state index contributed by atoms with van der Waals surface area (Å²) in [6.07, 6.45) is 0.440. The maximum Gasteiger partial charge on any atom is 0.417 e. The molecule has 1 fully saturated rings. The van der Waals surface area contributed by atoms with Crippen LogP contribution in [0.1, 0.15) is 30.4 Å². The van der Waals surface area contributed by atoms with Gasteiger partial charge in [0.25, 0.3) is 0 Å². The summed E-state index contributed by atoms with van der Waals surface area (Å²) in [6.45, 7) is 2.09.